The predicted octanol–water partition coefficient (Wildman–Crippen LogP) is 0.682. The van der Waals surface area contributed by atoms with E-state index in [9.17, 15) is 9.59 Å². The van der Waals surface area contributed by atoms with Gasteiger partial charge in [-0.25, -0.2) is 0 Å². The molecule has 1 fully saturated rings. The summed E-state index contributed by atoms with van der Waals surface area (Å²) < 4.78 is 0. The van der Waals surface area contributed by atoms with Gasteiger partial charge in [0.1, 0.15) is 0 Å². The van der Waals surface area contributed by atoms with E-state index in [1.54, 1.807) is 7.05 Å². The fourth-order valence-electron chi connectivity index (χ4n) is 2.90. The SMILES string of the molecule is CN(CCO)C(=O)CC1NCCN(CCCc2ccccc2)C1=O.Cl. The topological polar surface area (TPSA) is 72.9 Å². The highest BCUT2D eigenvalue weighted by Gasteiger charge is 2.30. The molecule has 1 aromatic carbocycles. The average molecular weight is 370 g/mol. The zero-order valence-electron chi connectivity index (χ0n) is 14.7. The lowest BCUT2D eigenvalue weighted by atomic mass is 10.1. The van der Waals surface area contributed by atoms with E-state index in [1.807, 2.05) is 23.1 Å². The van der Waals surface area contributed by atoms with Gasteiger partial charge in [0.2, 0.25) is 11.8 Å². The lowest BCUT2D eigenvalue weighted by Gasteiger charge is -2.33. The molecule has 2 rings (SSSR count). The number of aliphatic hydroxyl groups is 1. The Morgan fingerprint density at radius 3 is 2.76 bits per heavy atom. The molecule has 1 aromatic rings. The fraction of sp³-hybridized carbons (Fsp3) is 0.556. The van der Waals surface area contributed by atoms with E-state index in [-0.39, 0.29) is 37.2 Å². The van der Waals surface area contributed by atoms with E-state index in [1.165, 1.54) is 10.5 Å². The summed E-state index contributed by atoms with van der Waals surface area (Å²) in [7, 11) is 1.64. The lowest BCUT2D eigenvalue weighted by molar-refractivity contribution is -0.140. The van der Waals surface area contributed by atoms with Crippen LogP contribution in [-0.4, -0.2) is 72.6 Å². The van der Waals surface area contributed by atoms with Crippen LogP contribution in [0, 0.1) is 0 Å². The monoisotopic (exact) mass is 369 g/mol. The molecule has 0 spiro atoms. The zero-order valence-corrected chi connectivity index (χ0v) is 15.5. The van der Waals surface area contributed by atoms with Crippen LogP contribution >= 0.6 is 12.4 Å². The van der Waals surface area contributed by atoms with Gasteiger partial charge in [-0.3, -0.25) is 9.59 Å². The molecule has 2 amide bonds. The number of aryl methyl sites for hydroxylation is 1. The van der Waals surface area contributed by atoms with Crippen molar-refractivity contribution >= 4 is 24.2 Å². The van der Waals surface area contributed by atoms with E-state index in [0.29, 0.717) is 26.2 Å². The second-order valence-corrected chi connectivity index (χ2v) is 6.16. The first-order chi connectivity index (χ1) is 11.6. The number of likely N-dealkylation sites (N-methyl/N-ethyl adjacent to an activating group) is 1. The van der Waals surface area contributed by atoms with Crippen molar-refractivity contribution in [2.24, 2.45) is 0 Å². The second kappa shape index (κ2) is 11.1. The van der Waals surface area contributed by atoms with Crippen molar-refractivity contribution in [3.8, 4) is 0 Å². The molecule has 0 aromatic heterocycles. The standard InChI is InChI=1S/C18H27N3O3.ClH/c1-20(12-13-22)17(23)14-16-18(24)21(11-9-19-16)10-5-8-15-6-3-2-4-7-15;/h2-4,6-7,16,19,22H,5,8-14H2,1H3;1H. The number of rotatable bonds is 8. The third-order valence-electron chi connectivity index (χ3n) is 4.36. The van der Waals surface area contributed by atoms with Gasteiger partial charge in [-0.1, -0.05) is 30.3 Å². The first-order valence-electron chi connectivity index (χ1n) is 8.52. The first-order valence-corrected chi connectivity index (χ1v) is 8.52. The molecule has 140 valence electrons. The molecular weight excluding hydrogens is 342 g/mol. The molecule has 0 aliphatic carbocycles. The summed E-state index contributed by atoms with van der Waals surface area (Å²) in [5.41, 5.74) is 1.28. The van der Waals surface area contributed by atoms with E-state index in [0.717, 1.165) is 12.8 Å². The predicted molar refractivity (Wildman–Crippen MR) is 99.7 cm³/mol. The summed E-state index contributed by atoms with van der Waals surface area (Å²) in [5.74, 6) is -0.124. The molecule has 2 N–H and O–H groups in total. The molecule has 1 unspecified atom stereocenters. The quantitative estimate of drug-likeness (QED) is 0.707. The van der Waals surface area contributed by atoms with Crippen LogP contribution in [0.3, 0.4) is 0 Å². The number of aliphatic hydroxyl groups excluding tert-OH is 1. The van der Waals surface area contributed by atoms with Gasteiger partial charge in [0, 0.05) is 33.2 Å². The Bertz CT molecular complexity index is 542. The van der Waals surface area contributed by atoms with Gasteiger partial charge >= 0.3 is 0 Å². The average Bonchev–Trinajstić information content (AvgIpc) is 2.59. The molecule has 7 heteroatoms. The van der Waals surface area contributed by atoms with E-state index >= 15 is 0 Å². The molecule has 1 aliphatic rings. The normalized spacial score (nSPS) is 17.1. The highest BCUT2D eigenvalue weighted by atomic mass is 35.5. The Morgan fingerprint density at radius 2 is 2.08 bits per heavy atom. The van der Waals surface area contributed by atoms with Crippen LogP contribution in [0.5, 0.6) is 0 Å². The molecule has 1 saturated heterocycles. The van der Waals surface area contributed by atoms with Crippen molar-refractivity contribution in [3.63, 3.8) is 0 Å². The van der Waals surface area contributed by atoms with Crippen LogP contribution < -0.4 is 5.32 Å². The molecule has 1 heterocycles. The molecule has 25 heavy (non-hydrogen) atoms. The van der Waals surface area contributed by atoms with Crippen LogP contribution in [0.15, 0.2) is 30.3 Å². The molecule has 1 atom stereocenters. The fourth-order valence-corrected chi connectivity index (χ4v) is 2.90. The summed E-state index contributed by atoms with van der Waals surface area (Å²) >= 11 is 0. The van der Waals surface area contributed by atoms with E-state index in [4.69, 9.17) is 5.11 Å². The van der Waals surface area contributed by atoms with E-state index in [2.05, 4.69) is 17.4 Å². The molecular formula is C18H28ClN3O3. The van der Waals surface area contributed by atoms with Crippen molar-refractivity contribution in [2.45, 2.75) is 25.3 Å². The number of halogens is 1. The summed E-state index contributed by atoms with van der Waals surface area (Å²) in [4.78, 5) is 27.9. The maximum Gasteiger partial charge on any atom is 0.240 e. The summed E-state index contributed by atoms with van der Waals surface area (Å²) in [6, 6.07) is 9.78. The largest absolute Gasteiger partial charge is 0.395 e. The van der Waals surface area contributed by atoms with Gasteiger partial charge in [-0.15, -0.1) is 12.4 Å². The number of nitrogens with one attached hydrogen (secondary N) is 1. The Kier molecular flexibility index (Phi) is 9.49. The minimum Gasteiger partial charge on any atom is -0.395 e. The zero-order chi connectivity index (χ0) is 17.4. The van der Waals surface area contributed by atoms with Crippen LogP contribution in [0.25, 0.3) is 0 Å². The van der Waals surface area contributed by atoms with Gasteiger partial charge in [0.25, 0.3) is 0 Å². The van der Waals surface area contributed by atoms with Crippen LogP contribution in [0.2, 0.25) is 0 Å². The maximum absolute atomic E-state index is 12.5. The number of piperazine rings is 1. The number of carbonyl (C=O) groups is 2. The van der Waals surface area contributed by atoms with Crippen LogP contribution in [0.1, 0.15) is 18.4 Å². The number of benzene rings is 1. The molecule has 0 bridgehead atoms. The Balaban J connectivity index is 0.00000312. The minimum atomic E-state index is -0.455. The lowest BCUT2D eigenvalue weighted by Crippen LogP contribution is -2.56. The van der Waals surface area contributed by atoms with Gasteiger partial charge in [-0.05, 0) is 18.4 Å². The highest BCUT2D eigenvalue weighted by molar-refractivity contribution is 5.88. The van der Waals surface area contributed by atoms with Crippen molar-refractivity contribution in [3.05, 3.63) is 35.9 Å². The Labute approximate surface area is 155 Å². The van der Waals surface area contributed by atoms with Crippen LogP contribution in [0.4, 0.5) is 0 Å². The number of carbonyl (C=O) groups excluding carboxylic acids is 2. The number of hydrogen-bond donors (Lipinski definition) is 2. The molecule has 0 saturated carbocycles. The minimum absolute atomic E-state index is 0. The van der Waals surface area contributed by atoms with Gasteiger partial charge < -0.3 is 20.2 Å². The number of amides is 2. The summed E-state index contributed by atoms with van der Waals surface area (Å²) in [6.07, 6.45) is 2.01. The Hall–Kier alpha value is -1.63. The van der Waals surface area contributed by atoms with Crippen molar-refractivity contribution in [2.75, 3.05) is 39.8 Å². The third kappa shape index (κ3) is 6.65. The number of hydrogen-bond acceptors (Lipinski definition) is 4. The van der Waals surface area contributed by atoms with Gasteiger partial charge in [0.05, 0.1) is 19.1 Å². The Morgan fingerprint density at radius 1 is 1.36 bits per heavy atom. The van der Waals surface area contributed by atoms with Crippen molar-refractivity contribution in [1.82, 2.24) is 15.1 Å². The molecule has 0 radical (unpaired) electrons. The first kappa shape index (κ1) is 21.4. The highest BCUT2D eigenvalue weighted by Crippen LogP contribution is 2.09. The van der Waals surface area contributed by atoms with Gasteiger partial charge in [-0.2, -0.15) is 0 Å². The second-order valence-electron chi connectivity index (χ2n) is 6.16. The molecule has 6 nitrogen and oxygen atoms in total. The van der Waals surface area contributed by atoms with E-state index < -0.39 is 6.04 Å². The summed E-state index contributed by atoms with van der Waals surface area (Å²) in [5, 5.41) is 12.0. The third-order valence-corrected chi connectivity index (χ3v) is 4.36. The van der Waals surface area contributed by atoms with Crippen molar-refractivity contribution < 1.29 is 14.7 Å². The summed E-state index contributed by atoms with van der Waals surface area (Å²) in [6.45, 7) is 2.33. The smallest absolute Gasteiger partial charge is 0.240 e. The molecule has 1 aliphatic heterocycles. The van der Waals surface area contributed by atoms with Gasteiger partial charge in [0.15, 0.2) is 0 Å². The number of nitrogens with zero attached hydrogens (tertiary/aromatic N) is 2. The maximum atomic E-state index is 12.5. The van der Waals surface area contributed by atoms with Crippen molar-refractivity contribution in [1.29, 1.82) is 0 Å². The van der Waals surface area contributed by atoms with Crippen LogP contribution in [-0.2, 0) is 16.0 Å².